The van der Waals surface area contributed by atoms with Gasteiger partial charge in [0.2, 0.25) is 0 Å². The average Bonchev–Trinajstić information content (AvgIpc) is 2.00. The highest BCUT2D eigenvalue weighted by Crippen LogP contribution is 2.22. The first-order chi connectivity index (χ1) is 6.38. The fourth-order valence-electron chi connectivity index (χ4n) is 0.777. The fraction of sp³-hybridized carbons (Fsp3) is 0.143. The molecule has 0 aliphatic rings. The van der Waals surface area contributed by atoms with Crippen LogP contribution < -0.4 is 4.74 Å². The molecule has 0 fully saturated rings. The van der Waals surface area contributed by atoms with Gasteiger partial charge >= 0.3 is 6.98 Å². The summed E-state index contributed by atoms with van der Waals surface area (Å²) in [6.45, 7) is -6.48. The van der Waals surface area contributed by atoms with Gasteiger partial charge < -0.3 is 17.7 Å². The van der Waals surface area contributed by atoms with Gasteiger partial charge in [-0.1, -0.05) is 15.9 Å². The van der Waals surface area contributed by atoms with Crippen LogP contribution in [-0.4, -0.2) is 13.5 Å². The van der Waals surface area contributed by atoms with Crippen molar-refractivity contribution in [1.82, 2.24) is 0 Å². The van der Waals surface area contributed by atoms with E-state index in [1.165, 1.54) is 6.07 Å². The summed E-state index contributed by atoms with van der Waals surface area (Å²) in [5.74, 6) is -1.22. The highest BCUT2D eigenvalue weighted by atomic mass is 79.9. The Labute approximate surface area is 86.2 Å². The van der Waals surface area contributed by atoms with Gasteiger partial charge in [0.25, 0.3) is 0 Å². The second-order valence-corrected chi connectivity index (χ2v) is 3.51. The highest BCUT2D eigenvalue weighted by molar-refractivity contribution is 9.10. The van der Waals surface area contributed by atoms with Gasteiger partial charge in [-0.2, -0.15) is 0 Å². The monoisotopic (exact) mass is 271 g/mol. The maximum Gasteiger partial charge on any atom is 0.515 e. The average molecular weight is 272 g/mol. The summed E-state index contributed by atoms with van der Waals surface area (Å²) in [5, 5.41) is 0. The molecule has 0 N–H and O–H groups in total. The highest BCUT2D eigenvalue weighted by Gasteiger charge is 2.24. The Balaban J connectivity index is 2.68. The second-order valence-electron chi connectivity index (χ2n) is 2.60. The number of rotatable bonds is 3. The van der Waals surface area contributed by atoms with Crippen LogP contribution in [0.2, 0.25) is 0 Å². The molecule has 1 aromatic rings. The number of hydrogen-bond acceptors (Lipinski definition) is 1. The SMILES string of the molecule is Fc1cc(Br)ccc1OC[B-](F)(F)F. The van der Waals surface area contributed by atoms with Gasteiger partial charge in [0, 0.05) is 4.47 Å². The Hall–Kier alpha value is -0.715. The van der Waals surface area contributed by atoms with Gasteiger partial charge in [-0.3, -0.25) is 0 Å². The largest absolute Gasteiger partial charge is 0.519 e. The molecule has 0 aliphatic carbocycles. The third-order valence-corrected chi connectivity index (χ3v) is 1.81. The molecular weight excluding hydrogens is 267 g/mol. The molecule has 0 aliphatic heterocycles. The molecule has 0 spiro atoms. The summed E-state index contributed by atoms with van der Waals surface area (Å²) >= 11 is 2.97. The van der Waals surface area contributed by atoms with Gasteiger partial charge in [-0.25, -0.2) is 4.39 Å². The van der Waals surface area contributed by atoms with E-state index in [1.807, 2.05) is 0 Å². The lowest BCUT2D eigenvalue weighted by atomic mass is 9.95. The molecular formula is C7H5BBrF4O-. The van der Waals surface area contributed by atoms with Gasteiger partial charge in [-0.05, 0) is 18.2 Å². The summed E-state index contributed by atoms with van der Waals surface area (Å²) in [7, 11) is 0. The Morgan fingerprint density at radius 3 is 2.43 bits per heavy atom. The molecule has 78 valence electrons. The van der Waals surface area contributed by atoms with Crippen molar-refractivity contribution in [3.8, 4) is 5.75 Å². The van der Waals surface area contributed by atoms with E-state index >= 15 is 0 Å². The number of benzene rings is 1. The molecule has 0 saturated carbocycles. The first-order valence-electron chi connectivity index (χ1n) is 3.67. The van der Waals surface area contributed by atoms with Crippen LogP contribution in [0.1, 0.15) is 0 Å². The van der Waals surface area contributed by atoms with E-state index in [1.54, 1.807) is 0 Å². The maximum atomic E-state index is 12.9. The quantitative estimate of drug-likeness (QED) is 0.605. The van der Waals surface area contributed by atoms with Crippen molar-refractivity contribution in [2.24, 2.45) is 0 Å². The molecule has 7 heteroatoms. The zero-order valence-corrected chi connectivity index (χ0v) is 8.40. The topological polar surface area (TPSA) is 9.23 Å². The number of halogens is 5. The molecule has 14 heavy (non-hydrogen) atoms. The number of ether oxygens (including phenoxy) is 1. The van der Waals surface area contributed by atoms with Crippen LogP contribution >= 0.6 is 15.9 Å². The Bertz CT molecular complexity index is 328. The van der Waals surface area contributed by atoms with E-state index in [4.69, 9.17) is 0 Å². The lowest BCUT2D eigenvalue weighted by Gasteiger charge is -2.15. The lowest BCUT2D eigenvalue weighted by molar-refractivity contribution is 0.301. The zero-order chi connectivity index (χ0) is 10.8. The minimum atomic E-state index is -5.05. The molecule has 0 atom stereocenters. The van der Waals surface area contributed by atoms with E-state index in [-0.39, 0.29) is 0 Å². The third kappa shape index (κ3) is 3.57. The minimum Gasteiger partial charge on any atom is -0.519 e. The van der Waals surface area contributed by atoms with Crippen molar-refractivity contribution >= 4 is 22.9 Å². The summed E-state index contributed by atoms with van der Waals surface area (Å²) in [5.41, 5.74) is 0. The van der Waals surface area contributed by atoms with E-state index in [0.717, 1.165) is 12.1 Å². The standard InChI is InChI=1S/C7H5BBrF4O/c9-5-1-2-7(6(10)3-5)14-4-8(11,12)13/h1-3H,4H2/q-1. The van der Waals surface area contributed by atoms with Gasteiger partial charge in [-0.15, -0.1) is 0 Å². The minimum absolute atomic E-state index is 0.396. The van der Waals surface area contributed by atoms with Crippen LogP contribution in [0, 0.1) is 5.82 Å². The molecule has 0 bridgehead atoms. The van der Waals surface area contributed by atoms with Gasteiger partial charge in [0.05, 0.1) is 6.51 Å². The van der Waals surface area contributed by atoms with Crippen molar-refractivity contribution in [2.45, 2.75) is 0 Å². The lowest BCUT2D eigenvalue weighted by Crippen LogP contribution is -2.26. The van der Waals surface area contributed by atoms with Crippen LogP contribution in [0.3, 0.4) is 0 Å². The first kappa shape index (κ1) is 11.4. The number of hydrogen-bond donors (Lipinski definition) is 0. The summed E-state index contributed by atoms with van der Waals surface area (Å²) in [4.78, 5) is 0. The van der Waals surface area contributed by atoms with E-state index in [2.05, 4.69) is 20.7 Å². The molecule has 1 aromatic carbocycles. The van der Waals surface area contributed by atoms with Gasteiger partial charge in [0.15, 0.2) is 11.6 Å². The molecule has 0 amide bonds. The molecule has 0 aromatic heterocycles. The van der Waals surface area contributed by atoms with Crippen LogP contribution in [-0.2, 0) is 0 Å². The van der Waals surface area contributed by atoms with Crippen LogP contribution in [0.15, 0.2) is 22.7 Å². The molecule has 0 radical (unpaired) electrons. The molecule has 0 heterocycles. The predicted octanol–water partition coefficient (Wildman–Crippen LogP) is 3.35. The van der Waals surface area contributed by atoms with Crippen LogP contribution in [0.25, 0.3) is 0 Å². The molecule has 0 unspecified atom stereocenters. The van der Waals surface area contributed by atoms with Gasteiger partial charge in [0.1, 0.15) is 0 Å². The Morgan fingerprint density at radius 2 is 1.93 bits per heavy atom. The van der Waals surface area contributed by atoms with E-state index in [0.29, 0.717) is 4.47 Å². The van der Waals surface area contributed by atoms with Crippen molar-refractivity contribution in [1.29, 1.82) is 0 Å². The second kappa shape index (κ2) is 4.21. The zero-order valence-electron chi connectivity index (χ0n) is 6.81. The molecule has 1 rings (SSSR count). The van der Waals surface area contributed by atoms with E-state index < -0.39 is 25.1 Å². The fourth-order valence-corrected chi connectivity index (χ4v) is 1.11. The summed E-state index contributed by atoms with van der Waals surface area (Å²) in [6.07, 6.45) is 0. The summed E-state index contributed by atoms with van der Waals surface area (Å²) < 4.78 is 52.9. The third-order valence-electron chi connectivity index (χ3n) is 1.32. The van der Waals surface area contributed by atoms with Crippen molar-refractivity contribution < 1.29 is 22.1 Å². The molecule has 0 saturated heterocycles. The normalized spacial score (nSPS) is 11.5. The summed E-state index contributed by atoms with van der Waals surface area (Å²) in [6, 6.07) is 3.59. The van der Waals surface area contributed by atoms with E-state index in [9.17, 15) is 17.3 Å². The van der Waals surface area contributed by atoms with Crippen molar-refractivity contribution in [3.63, 3.8) is 0 Å². The van der Waals surface area contributed by atoms with Crippen LogP contribution in [0.5, 0.6) is 5.75 Å². The molecule has 1 nitrogen and oxygen atoms in total. The maximum absolute atomic E-state index is 12.9. The van der Waals surface area contributed by atoms with Crippen molar-refractivity contribution in [3.05, 3.63) is 28.5 Å². The smallest absolute Gasteiger partial charge is 0.515 e. The van der Waals surface area contributed by atoms with Crippen molar-refractivity contribution in [2.75, 3.05) is 6.51 Å². The Kier molecular flexibility index (Phi) is 3.41. The van der Waals surface area contributed by atoms with Crippen LogP contribution in [0.4, 0.5) is 17.3 Å². The Morgan fingerprint density at radius 1 is 1.29 bits per heavy atom. The first-order valence-corrected chi connectivity index (χ1v) is 4.46. The predicted molar refractivity (Wildman–Crippen MR) is 48.7 cm³/mol.